The highest BCUT2D eigenvalue weighted by Gasteiger charge is 2.29. The lowest BCUT2D eigenvalue weighted by Crippen LogP contribution is -2.31. The molecule has 3 heteroatoms. The molecule has 0 radical (unpaired) electrons. The number of hydrogen-bond acceptors (Lipinski definition) is 2. The van der Waals surface area contributed by atoms with Gasteiger partial charge in [-0.15, -0.1) is 12.4 Å². The summed E-state index contributed by atoms with van der Waals surface area (Å²) < 4.78 is 0. The quantitative estimate of drug-likeness (QED) is 0.706. The Bertz CT molecular complexity index is 178. The van der Waals surface area contributed by atoms with Gasteiger partial charge in [-0.2, -0.15) is 0 Å². The van der Waals surface area contributed by atoms with Crippen molar-refractivity contribution in [1.82, 2.24) is 5.32 Å². The van der Waals surface area contributed by atoms with E-state index in [0.717, 1.165) is 12.3 Å². The second-order valence-electron chi connectivity index (χ2n) is 4.13. The molecule has 0 aromatic carbocycles. The van der Waals surface area contributed by atoms with Gasteiger partial charge in [-0.3, -0.25) is 4.79 Å². The third kappa shape index (κ3) is 2.68. The summed E-state index contributed by atoms with van der Waals surface area (Å²) in [5.41, 5.74) is 0. The summed E-state index contributed by atoms with van der Waals surface area (Å²) in [6, 6.07) is 0.526. The first kappa shape index (κ1) is 11.0. The number of halogens is 1. The first-order chi connectivity index (χ1) is 5.86. The number of ketones is 1. The van der Waals surface area contributed by atoms with E-state index in [-0.39, 0.29) is 12.4 Å². The Balaban J connectivity index is 0.000000845. The molecule has 0 aromatic rings. The van der Waals surface area contributed by atoms with Gasteiger partial charge >= 0.3 is 0 Å². The zero-order valence-electron chi connectivity index (χ0n) is 7.92. The van der Waals surface area contributed by atoms with Gasteiger partial charge in [-0.05, 0) is 18.8 Å². The SMILES string of the molecule is Cl.O=C1CNC(C2CCCCC2)C1. The first-order valence-corrected chi connectivity index (χ1v) is 5.11. The van der Waals surface area contributed by atoms with Crippen LogP contribution in [-0.4, -0.2) is 18.4 Å². The van der Waals surface area contributed by atoms with E-state index < -0.39 is 0 Å². The van der Waals surface area contributed by atoms with E-state index in [9.17, 15) is 4.79 Å². The standard InChI is InChI=1S/C10H17NO.ClH/c12-9-6-10(11-7-9)8-4-2-1-3-5-8;/h8,10-11H,1-7H2;1H. The van der Waals surface area contributed by atoms with Crippen molar-refractivity contribution >= 4 is 18.2 Å². The highest BCUT2D eigenvalue weighted by molar-refractivity contribution is 5.85. The largest absolute Gasteiger partial charge is 0.306 e. The van der Waals surface area contributed by atoms with E-state index >= 15 is 0 Å². The lowest BCUT2D eigenvalue weighted by atomic mass is 9.83. The van der Waals surface area contributed by atoms with E-state index in [2.05, 4.69) is 5.32 Å². The molecule has 1 saturated carbocycles. The van der Waals surface area contributed by atoms with E-state index in [1.165, 1.54) is 32.1 Å². The number of carbonyl (C=O) groups is 1. The molecule has 76 valence electrons. The summed E-state index contributed by atoms with van der Waals surface area (Å²) in [6.45, 7) is 0.626. The number of Topliss-reactive ketones (excluding diaryl/α,β-unsaturated/α-hetero) is 1. The van der Waals surface area contributed by atoms with Crippen molar-refractivity contribution in [3.8, 4) is 0 Å². The van der Waals surface area contributed by atoms with Gasteiger partial charge in [0.25, 0.3) is 0 Å². The fourth-order valence-electron chi connectivity index (χ4n) is 2.50. The topological polar surface area (TPSA) is 29.1 Å². The van der Waals surface area contributed by atoms with Gasteiger partial charge in [0.15, 0.2) is 0 Å². The van der Waals surface area contributed by atoms with Crippen molar-refractivity contribution in [2.24, 2.45) is 5.92 Å². The molecule has 0 aromatic heterocycles. The van der Waals surface area contributed by atoms with Gasteiger partial charge in [-0.25, -0.2) is 0 Å². The molecule has 1 saturated heterocycles. The Morgan fingerprint density at radius 2 is 1.85 bits per heavy atom. The summed E-state index contributed by atoms with van der Waals surface area (Å²) in [4.78, 5) is 11.0. The zero-order valence-corrected chi connectivity index (χ0v) is 8.74. The zero-order chi connectivity index (χ0) is 8.39. The van der Waals surface area contributed by atoms with Crippen molar-refractivity contribution in [3.63, 3.8) is 0 Å². The molecule has 1 N–H and O–H groups in total. The Kier molecular flexibility index (Phi) is 4.20. The third-order valence-electron chi connectivity index (χ3n) is 3.23. The van der Waals surface area contributed by atoms with E-state index in [4.69, 9.17) is 0 Å². The molecule has 1 unspecified atom stereocenters. The first-order valence-electron chi connectivity index (χ1n) is 5.11. The molecule has 0 bridgehead atoms. The molecule has 1 heterocycles. The minimum absolute atomic E-state index is 0. The van der Waals surface area contributed by atoms with Crippen LogP contribution in [0.1, 0.15) is 38.5 Å². The van der Waals surface area contributed by atoms with Crippen LogP contribution in [0.2, 0.25) is 0 Å². The Labute approximate surface area is 85.9 Å². The predicted molar refractivity (Wildman–Crippen MR) is 55.2 cm³/mol. The molecule has 1 aliphatic heterocycles. The maximum Gasteiger partial charge on any atom is 0.148 e. The minimum Gasteiger partial charge on any atom is -0.306 e. The second kappa shape index (κ2) is 4.97. The molecule has 2 nitrogen and oxygen atoms in total. The van der Waals surface area contributed by atoms with E-state index in [0.29, 0.717) is 18.4 Å². The smallest absolute Gasteiger partial charge is 0.148 e. The fourth-order valence-corrected chi connectivity index (χ4v) is 2.50. The van der Waals surface area contributed by atoms with Crippen LogP contribution >= 0.6 is 12.4 Å². The van der Waals surface area contributed by atoms with Crippen LogP contribution in [0, 0.1) is 5.92 Å². The molecule has 0 amide bonds. The molecule has 1 atom stereocenters. The molecular weight excluding hydrogens is 186 g/mol. The second-order valence-corrected chi connectivity index (χ2v) is 4.13. The highest BCUT2D eigenvalue weighted by Crippen LogP contribution is 2.29. The maximum absolute atomic E-state index is 11.0. The van der Waals surface area contributed by atoms with Gasteiger partial charge < -0.3 is 5.32 Å². The normalized spacial score (nSPS) is 30.2. The Morgan fingerprint density at radius 3 is 2.38 bits per heavy atom. The summed E-state index contributed by atoms with van der Waals surface area (Å²) in [5, 5.41) is 3.33. The number of carbonyl (C=O) groups excluding carboxylic acids is 1. The van der Waals surface area contributed by atoms with Gasteiger partial charge in [-0.1, -0.05) is 19.3 Å². The van der Waals surface area contributed by atoms with Crippen LogP contribution in [0.4, 0.5) is 0 Å². The summed E-state index contributed by atoms with van der Waals surface area (Å²) in [6.07, 6.45) is 7.62. The van der Waals surface area contributed by atoms with Gasteiger partial charge in [0, 0.05) is 12.5 Å². The van der Waals surface area contributed by atoms with Crippen LogP contribution in [0.3, 0.4) is 0 Å². The van der Waals surface area contributed by atoms with E-state index in [1.54, 1.807) is 0 Å². The Hall–Kier alpha value is -0.0800. The average Bonchev–Trinajstić information content (AvgIpc) is 2.54. The van der Waals surface area contributed by atoms with Gasteiger partial charge in [0.2, 0.25) is 0 Å². The molecule has 2 rings (SSSR count). The number of rotatable bonds is 1. The van der Waals surface area contributed by atoms with Crippen molar-refractivity contribution in [3.05, 3.63) is 0 Å². The highest BCUT2D eigenvalue weighted by atomic mass is 35.5. The molecule has 0 spiro atoms. The van der Waals surface area contributed by atoms with Crippen LogP contribution in [0.15, 0.2) is 0 Å². The van der Waals surface area contributed by atoms with Crippen LogP contribution < -0.4 is 5.32 Å². The molecule has 2 aliphatic rings. The molecular formula is C10H18ClNO. The summed E-state index contributed by atoms with van der Waals surface area (Å²) in [7, 11) is 0. The maximum atomic E-state index is 11.0. The van der Waals surface area contributed by atoms with Crippen LogP contribution in [0.5, 0.6) is 0 Å². The number of hydrogen-bond donors (Lipinski definition) is 1. The van der Waals surface area contributed by atoms with Gasteiger partial charge in [0.1, 0.15) is 5.78 Å². The van der Waals surface area contributed by atoms with Gasteiger partial charge in [0.05, 0.1) is 6.54 Å². The van der Waals surface area contributed by atoms with Crippen molar-refractivity contribution < 1.29 is 4.79 Å². The van der Waals surface area contributed by atoms with Crippen LogP contribution in [-0.2, 0) is 4.79 Å². The summed E-state index contributed by atoms with van der Waals surface area (Å²) in [5.74, 6) is 1.20. The number of nitrogens with one attached hydrogen (secondary N) is 1. The third-order valence-corrected chi connectivity index (χ3v) is 3.23. The fraction of sp³-hybridized carbons (Fsp3) is 0.900. The Morgan fingerprint density at radius 1 is 1.15 bits per heavy atom. The molecule has 13 heavy (non-hydrogen) atoms. The van der Waals surface area contributed by atoms with Crippen molar-refractivity contribution in [1.29, 1.82) is 0 Å². The molecule has 2 fully saturated rings. The average molecular weight is 204 g/mol. The lowest BCUT2D eigenvalue weighted by Gasteiger charge is -2.26. The summed E-state index contributed by atoms with van der Waals surface area (Å²) >= 11 is 0. The van der Waals surface area contributed by atoms with E-state index in [1.807, 2.05) is 0 Å². The molecule has 1 aliphatic carbocycles. The van der Waals surface area contributed by atoms with Crippen molar-refractivity contribution in [2.75, 3.05) is 6.54 Å². The minimum atomic E-state index is 0. The van der Waals surface area contributed by atoms with Crippen LogP contribution in [0.25, 0.3) is 0 Å². The van der Waals surface area contributed by atoms with Crippen molar-refractivity contribution in [2.45, 2.75) is 44.6 Å². The predicted octanol–water partition coefficient (Wildman–Crippen LogP) is 1.92. The lowest BCUT2D eigenvalue weighted by molar-refractivity contribution is -0.116. The monoisotopic (exact) mass is 203 g/mol.